The van der Waals surface area contributed by atoms with E-state index in [2.05, 4.69) is 21.9 Å². The minimum Gasteiger partial charge on any atom is -0.369 e. The summed E-state index contributed by atoms with van der Waals surface area (Å²) in [5, 5.41) is 0. The SMILES string of the molecule is CC1CCC(C(N)=O)CN1c1nc(N)nc(N(C)C)n1. The lowest BCUT2D eigenvalue weighted by atomic mass is 9.93. The minimum atomic E-state index is -0.281. The smallest absolute Gasteiger partial charge is 0.232 e. The summed E-state index contributed by atoms with van der Waals surface area (Å²) in [6.45, 7) is 2.60. The maximum absolute atomic E-state index is 11.4. The molecule has 2 rings (SSSR count). The molecule has 0 saturated carbocycles. The van der Waals surface area contributed by atoms with Gasteiger partial charge in [-0.05, 0) is 19.8 Å². The van der Waals surface area contributed by atoms with Crippen molar-refractivity contribution in [3.05, 3.63) is 0 Å². The number of anilines is 3. The molecule has 1 amide bonds. The summed E-state index contributed by atoms with van der Waals surface area (Å²) < 4.78 is 0. The van der Waals surface area contributed by atoms with Crippen LogP contribution in [0.3, 0.4) is 0 Å². The number of nitrogens with two attached hydrogens (primary N) is 2. The molecule has 2 atom stereocenters. The van der Waals surface area contributed by atoms with Crippen LogP contribution in [0.5, 0.6) is 0 Å². The maximum Gasteiger partial charge on any atom is 0.232 e. The Balaban J connectivity index is 2.31. The fourth-order valence-electron chi connectivity index (χ4n) is 2.32. The van der Waals surface area contributed by atoms with Crippen LogP contribution >= 0.6 is 0 Å². The van der Waals surface area contributed by atoms with Crippen LogP contribution < -0.4 is 21.3 Å². The molecule has 1 aliphatic heterocycles. The molecule has 0 radical (unpaired) electrons. The molecule has 0 spiro atoms. The van der Waals surface area contributed by atoms with Crippen LogP contribution in [-0.4, -0.2) is 47.5 Å². The highest BCUT2D eigenvalue weighted by Gasteiger charge is 2.30. The van der Waals surface area contributed by atoms with E-state index < -0.39 is 0 Å². The lowest BCUT2D eigenvalue weighted by Gasteiger charge is -2.37. The summed E-state index contributed by atoms with van der Waals surface area (Å²) in [6.07, 6.45) is 1.67. The Labute approximate surface area is 118 Å². The highest BCUT2D eigenvalue weighted by atomic mass is 16.1. The van der Waals surface area contributed by atoms with E-state index in [1.54, 1.807) is 4.90 Å². The van der Waals surface area contributed by atoms with Crippen molar-refractivity contribution in [2.45, 2.75) is 25.8 Å². The molecule has 2 unspecified atom stereocenters. The maximum atomic E-state index is 11.4. The molecule has 0 aromatic carbocycles. The van der Waals surface area contributed by atoms with Gasteiger partial charge in [0.15, 0.2) is 0 Å². The normalized spacial score (nSPS) is 22.6. The molecule has 0 bridgehead atoms. The summed E-state index contributed by atoms with van der Waals surface area (Å²) in [5.41, 5.74) is 11.1. The number of carbonyl (C=O) groups excluding carboxylic acids is 1. The van der Waals surface area contributed by atoms with E-state index >= 15 is 0 Å². The van der Waals surface area contributed by atoms with E-state index in [1.165, 1.54) is 0 Å². The molecular formula is C12H21N7O. The van der Waals surface area contributed by atoms with E-state index in [4.69, 9.17) is 11.5 Å². The van der Waals surface area contributed by atoms with Gasteiger partial charge in [-0.1, -0.05) is 0 Å². The molecule has 8 heteroatoms. The monoisotopic (exact) mass is 279 g/mol. The van der Waals surface area contributed by atoms with Crippen molar-refractivity contribution in [2.24, 2.45) is 11.7 Å². The van der Waals surface area contributed by atoms with Crippen molar-refractivity contribution < 1.29 is 4.79 Å². The van der Waals surface area contributed by atoms with Crippen LogP contribution in [0.2, 0.25) is 0 Å². The van der Waals surface area contributed by atoms with Gasteiger partial charge in [0.05, 0.1) is 5.92 Å². The number of hydrogen-bond donors (Lipinski definition) is 2. The van der Waals surface area contributed by atoms with Crippen LogP contribution in [-0.2, 0) is 4.79 Å². The second kappa shape index (κ2) is 5.48. The molecule has 1 aromatic rings. The van der Waals surface area contributed by atoms with Crippen LogP contribution in [0, 0.1) is 5.92 Å². The van der Waals surface area contributed by atoms with Gasteiger partial charge in [-0.15, -0.1) is 0 Å². The van der Waals surface area contributed by atoms with E-state index in [-0.39, 0.29) is 23.8 Å². The second-order valence-electron chi connectivity index (χ2n) is 5.37. The highest BCUT2D eigenvalue weighted by molar-refractivity contribution is 5.77. The van der Waals surface area contributed by atoms with Gasteiger partial charge in [-0.25, -0.2) is 0 Å². The van der Waals surface area contributed by atoms with Crippen molar-refractivity contribution in [3.63, 3.8) is 0 Å². The molecular weight excluding hydrogens is 258 g/mol. The average molecular weight is 279 g/mol. The van der Waals surface area contributed by atoms with Crippen molar-refractivity contribution in [1.82, 2.24) is 15.0 Å². The summed E-state index contributed by atoms with van der Waals surface area (Å²) in [4.78, 5) is 27.8. The third-order valence-electron chi connectivity index (χ3n) is 3.57. The van der Waals surface area contributed by atoms with Crippen molar-refractivity contribution in [2.75, 3.05) is 36.2 Å². The first-order chi connectivity index (χ1) is 9.38. The van der Waals surface area contributed by atoms with E-state index in [0.29, 0.717) is 18.4 Å². The van der Waals surface area contributed by atoms with Crippen molar-refractivity contribution >= 4 is 23.8 Å². The molecule has 2 heterocycles. The first kappa shape index (κ1) is 14.3. The Morgan fingerprint density at radius 3 is 2.60 bits per heavy atom. The quantitative estimate of drug-likeness (QED) is 0.774. The van der Waals surface area contributed by atoms with Crippen LogP contribution in [0.1, 0.15) is 19.8 Å². The first-order valence-corrected chi connectivity index (χ1v) is 6.63. The Hall–Kier alpha value is -2.12. The van der Waals surface area contributed by atoms with Gasteiger partial charge in [0.2, 0.25) is 23.8 Å². The number of aromatic nitrogens is 3. The summed E-state index contributed by atoms with van der Waals surface area (Å²) in [5.74, 6) is 0.719. The average Bonchev–Trinajstić information content (AvgIpc) is 2.38. The third kappa shape index (κ3) is 2.89. The molecule has 20 heavy (non-hydrogen) atoms. The first-order valence-electron chi connectivity index (χ1n) is 6.63. The number of rotatable bonds is 3. The van der Waals surface area contributed by atoms with Gasteiger partial charge in [-0.2, -0.15) is 15.0 Å². The van der Waals surface area contributed by atoms with Gasteiger partial charge in [0.1, 0.15) is 0 Å². The molecule has 1 aliphatic rings. The standard InChI is InChI=1S/C12H21N7O/c1-7-4-5-8(9(13)20)6-19(7)12-16-10(14)15-11(17-12)18(2)3/h7-8H,4-6H2,1-3H3,(H2,13,20)(H2,14,15,16,17). The largest absolute Gasteiger partial charge is 0.369 e. The Kier molecular flexibility index (Phi) is 3.91. The Bertz CT molecular complexity index is 505. The van der Waals surface area contributed by atoms with Crippen LogP contribution in [0.25, 0.3) is 0 Å². The van der Waals surface area contributed by atoms with Gasteiger partial charge >= 0.3 is 0 Å². The lowest BCUT2D eigenvalue weighted by Crippen LogP contribution is -2.46. The summed E-state index contributed by atoms with van der Waals surface area (Å²) in [7, 11) is 3.68. The zero-order chi connectivity index (χ0) is 14.9. The number of carbonyl (C=O) groups is 1. The van der Waals surface area contributed by atoms with E-state index in [9.17, 15) is 4.79 Å². The number of hydrogen-bond acceptors (Lipinski definition) is 7. The molecule has 4 N–H and O–H groups in total. The molecule has 1 fully saturated rings. The summed E-state index contributed by atoms with van der Waals surface area (Å²) >= 11 is 0. The third-order valence-corrected chi connectivity index (χ3v) is 3.57. The van der Waals surface area contributed by atoms with Crippen molar-refractivity contribution in [3.8, 4) is 0 Å². The number of piperidine rings is 1. The molecule has 1 saturated heterocycles. The minimum absolute atomic E-state index is 0.173. The molecule has 1 aromatic heterocycles. The van der Waals surface area contributed by atoms with E-state index in [0.717, 1.165) is 12.8 Å². The van der Waals surface area contributed by atoms with Crippen LogP contribution in [0.15, 0.2) is 0 Å². The van der Waals surface area contributed by atoms with Gasteiger partial charge in [0.25, 0.3) is 0 Å². The zero-order valence-electron chi connectivity index (χ0n) is 12.1. The molecule has 0 aliphatic carbocycles. The Morgan fingerprint density at radius 1 is 1.30 bits per heavy atom. The lowest BCUT2D eigenvalue weighted by molar-refractivity contribution is -0.122. The predicted molar refractivity (Wildman–Crippen MR) is 77.3 cm³/mol. The van der Waals surface area contributed by atoms with Crippen molar-refractivity contribution in [1.29, 1.82) is 0 Å². The Morgan fingerprint density at radius 2 is 2.00 bits per heavy atom. The van der Waals surface area contributed by atoms with Crippen LogP contribution in [0.4, 0.5) is 17.8 Å². The topological polar surface area (TPSA) is 114 Å². The molecule has 110 valence electrons. The van der Waals surface area contributed by atoms with Gasteiger partial charge < -0.3 is 21.3 Å². The van der Waals surface area contributed by atoms with Gasteiger partial charge in [-0.3, -0.25) is 4.79 Å². The number of nitrogens with zero attached hydrogens (tertiary/aromatic N) is 5. The fraction of sp³-hybridized carbons (Fsp3) is 0.667. The predicted octanol–water partition coefficient (Wildman–Crippen LogP) is -0.390. The zero-order valence-corrected chi connectivity index (χ0v) is 12.1. The fourth-order valence-corrected chi connectivity index (χ4v) is 2.32. The number of nitrogen functional groups attached to an aromatic ring is 1. The highest BCUT2D eigenvalue weighted by Crippen LogP contribution is 2.26. The number of primary amides is 1. The number of amides is 1. The van der Waals surface area contributed by atoms with E-state index in [1.807, 2.05) is 19.0 Å². The second-order valence-corrected chi connectivity index (χ2v) is 5.37. The molecule has 8 nitrogen and oxygen atoms in total. The summed E-state index contributed by atoms with van der Waals surface area (Å²) in [6, 6.07) is 0.238. The van der Waals surface area contributed by atoms with Gasteiger partial charge in [0, 0.05) is 26.7 Å².